The molecule has 2 nitrogen and oxygen atoms in total. The molecule has 0 aliphatic heterocycles. The Hall–Kier alpha value is -0.0800. The smallest absolute Gasteiger partial charge is 0.00677 e. The molecule has 0 amide bonds. The molecule has 0 aromatic carbocycles. The Bertz CT molecular complexity index is 112. The van der Waals surface area contributed by atoms with E-state index in [4.69, 9.17) is 11.5 Å². The van der Waals surface area contributed by atoms with Crippen molar-refractivity contribution < 1.29 is 0 Å². The van der Waals surface area contributed by atoms with Crippen LogP contribution in [0.3, 0.4) is 0 Å². The second-order valence-corrected chi connectivity index (χ2v) is 3.92. The van der Waals surface area contributed by atoms with Crippen molar-refractivity contribution >= 4 is 0 Å². The fraction of sp³-hybridized carbons (Fsp3) is 1.00. The Morgan fingerprint density at radius 1 is 1.36 bits per heavy atom. The first-order chi connectivity index (χ1) is 5.20. The zero-order valence-corrected chi connectivity index (χ0v) is 7.42. The van der Waals surface area contributed by atoms with Crippen molar-refractivity contribution in [3.8, 4) is 0 Å². The number of hydrogen-bond donors (Lipinski definition) is 2. The van der Waals surface area contributed by atoms with Gasteiger partial charge in [0.2, 0.25) is 0 Å². The van der Waals surface area contributed by atoms with Crippen LogP contribution < -0.4 is 11.5 Å². The molecule has 2 heteroatoms. The molecule has 11 heavy (non-hydrogen) atoms. The average Bonchev–Trinajstić information content (AvgIpc) is 1.93. The van der Waals surface area contributed by atoms with Gasteiger partial charge < -0.3 is 11.5 Å². The highest BCUT2D eigenvalue weighted by molar-refractivity contribution is 4.79. The van der Waals surface area contributed by atoms with Crippen LogP contribution in [0, 0.1) is 5.92 Å². The molecule has 0 aromatic rings. The summed E-state index contributed by atoms with van der Waals surface area (Å²) in [5.74, 6) is 0.698. The quantitative estimate of drug-likeness (QED) is 0.632. The van der Waals surface area contributed by atoms with Gasteiger partial charge in [0, 0.05) is 12.1 Å². The lowest BCUT2D eigenvalue weighted by Gasteiger charge is -2.29. The van der Waals surface area contributed by atoms with E-state index in [0.717, 1.165) is 6.42 Å². The van der Waals surface area contributed by atoms with E-state index < -0.39 is 0 Å². The molecule has 66 valence electrons. The van der Waals surface area contributed by atoms with Gasteiger partial charge in [0.25, 0.3) is 0 Å². The summed E-state index contributed by atoms with van der Waals surface area (Å²) >= 11 is 0. The zero-order valence-electron chi connectivity index (χ0n) is 7.42. The first-order valence-corrected chi connectivity index (χ1v) is 4.71. The van der Waals surface area contributed by atoms with Crippen LogP contribution in [-0.4, -0.2) is 12.1 Å². The molecular weight excluding hydrogens is 136 g/mol. The van der Waals surface area contributed by atoms with Gasteiger partial charge in [0.15, 0.2) is 0 Å². The van der Waals surface area contributed by atoms with Crippen molar-refractivity contribution in [1.29, 1.82) is 0 Å². The molecule has 0 spiro atoms. The largest absolute Gasteiger partial charge is 0.328 e. The summed E-state index contributed by atoms with van der Waals surface area (Å²) < 4.78 is 0. The fourth-order valence-electron chi connectivity index (χ4n) is 2.01. The minimum atomic E-state index is 0.323. The Kier molecular flexibility index (Phi) is 3.34. The third-order valence-corrected chi connectivity index (χ3v) is 2.64. The Morgan fingerprint density at radius 2 is 2.00 bits per heavy atom. The molecule has 0 saturated heterocycles. The molecule has 1 fully saturated rings. The lowest BCUT2D eigenvalue weighted by atomic mass is 9.81. The van der Waals surface area contributed by atoms with Gasteiger partial charge in [-0.3, -0.25) is 0 Å². The minimum Gasteiger partial charge on any atom is -0.328 e. The maximum absolute atomic E-state index is 5.97. The van der Waals surface area contributed by atoms with Crippen LogP contribution >= 0.6 is 0 Å². The maximum Gasteiger partial charge on any atom is 0.00677 e. The lowest BCUT2D eigenvalue weighted by Crippen LogP contribution is -2.36. The van der Waals surface area contributed by atoms with E-state index in [1.165, 1.54) is 25.7 Å². The van der Waals surface area contributed by atoms with Crippen molar-refractivity contribution in [2.75, 3.05) is 0 Å². The second-order valence-electron chi connectivity index (χ2n) is 3.92. The summed E-state index contributed by atoms with van der Waals surface area (Å²) in [6, 6.07) is 0.749. The van der Waals surface area contributed by atoms with E-state index in [1.54, 1.807) is 0 Å². The number of hydrogen-bond acceptors (Lipinski definition) is 2. The van der Waals surface area contributed by atoms with Crippen molar-refractivity contribution in [2.45, 2.75) is 51.1 Å². The number of rotatable bonds is 2. The molecule has 3 unspecified atom stereocenters. The van der Waals surface area contributed by atoms with Crippen molar-refractivity contribution in [3.63, 3.8) is 0 Å². The van der Waals surface area contributed by atoms with E-state index >= 15 is 0 Å². The normalized spacial score (nSPS) is 35.2. The zero-order chi connectivity index (χ0) is 8.27. The van der Waals surface area contributed by atoms with Gasteiger partial charge in [-0.15, -0.1) is 0 Å². The third-order valence-electron chi connectivity index (χ3n) is 2.64. The average molecular weight is 156 g/mol. The van der Waals surface area contributed by atoms with Crippen LogP contribution in [0.2, 0.25) is 0 Å². The van der Waals surface area contributed by atoms with E-state index in [0.29, 0.717) is 18.0 Å². The lowest BCUT2D eigenvalue weighted by molar-refractivity contribution is 0.279. The Labute approximate surface area is 69.3 Å². The topological polar surface area (TPSA) is 52.0 Å². The summed E-state index contributed by atoms with van der Waals surface area (Å²) in [7, 11) is 0. The van der Waals surface area contributed by atoms with Gasteiger partial charge in [-0.25, -0.2) is 0 Å². The molecule has 0 aromatic heterocycles. The molecule has 4 N–H and O–H groups in total. The highest BCUT2D eigenvalue weighted by atomic mass is 14.7. The minimum absolute atomic E-state index is 0.323. The van der Waals surface area contributed by atoms with Crippen LogP contribution in [0.1, 0.15) is 39.0 Å². The molecule has 0 heterocycles. The molecular formula is C9H20N2. The van der Waals surface area contributed by atoms with Crippen molar-refractivity contribution in [2.24, 2.45) is 17.4 Å². The molecule has 3 atom stereocenters. The van der Waals surface area contributed by atoms with Gasteiger partial charge in [-0.2, -0.15) is 0 Å². The predicted molar refractivity (Wildman–Crippen MR) is 48.2 cm³/mol. The molecule has 1 saturated carbocycles. The van der Waals surface area contributed by atoms with Gasteiger partial charge in [-0.05, 0) is 32.1 Å². The van der Waals surface area contributed by atoms with E-state index in [9.17, 15) is 0 Å². The van der Waals surface area contributed by atoms with Crippen molar-refractivity contribution in [1.82, 2.24) is 0 Å². The standard InChI is InChI=1S/C9H20N2/c1-7(10)6-8-4-2-3-5-9(8)11/h7-9H,2-6,10-11H2,1H3. The third kappa shape index (κ3) is 2.80. The molecule has 0 bridgehead atoms. The SMILES string of the molecule is CC(N)CC1CCCCC1N. The first kappa shape index (κ1) is 9.01. The highest BCUT2D eigenvalue weighted by Gasteiger charge is 2.22. The van der Waals surface area contributed by atoms with E-state index in [-0.39, 0.29) is 0 Å². The first-order valence-electron chi connectivity index (χ1n) is 4.71. The Balaban J connectivity index is 2.29. The highest BCUT2D eigenvalue weighted by Crippen LogP contribution is 2.26. The summed E-state index contributed by atoms with van der Waals surface area (Å²) in [6.45, 7) is 2.07. The summed E-state index contributed by atoms with van der Waals surface area (Å²) in [5.41, 5.74) is 11.7. The van der Waals surface area contributed by atoms with Crippen molar-refractivity contribution in [3.05, 3.63) is 0 Å². The molecule has 1 rings (SSSR count). The summed E-state index contributed by atoms with van der Waals surface area (Å²) in [6.07, 6.45) is 6.28. The fourth-order valence-corrected chi connectivity index (χ4v) is 2.01. The van der Waals surface area contributed by atoms with Crippen LogP contribution in [0.25, 0.3) is 0 Å². The monoisotopic (exact) mass is 156 g/mol. The predicted octanol–water partition coefficient (Wildman–Crippen LogP) is 1.24. The maximum atomic E-state index is 5.97. The van der Waals surface area contributed by atoms with Crippen LogP contribution in [-0.2, 0) is 0 Å². The Morgan fingerprint density at radius 3 is 2.55 bits per heavy atom. The molecule has 0 radical (unpaired) electrons. The summed E-state index contributed by atoms with van der Waals surface area (Å²) in [4.78, 5) is 0. The van der Waals surface area contributed by atoms with Gasteiger partial charge >= 0.3 is 0 Å². The van der Waals surface area contributed by atoms with Gasteiger partial charge in [0.05, 0.1) is 0 Å². The van der Waals surface area contributed by atoms with Gasteiger partial charge in [-0.1, -0.05) is 12.8 Å². The number of nitrogens with two attached hydrogens (primary N) is 2. The van der Waals surface area contributed by atoms with E-state index in [1.807, 2.05) is 0 Å². The van der Waals surface area contributed by atoms with E-state index in [2.05, 4.69) is 6.92 Å². The second kappa shape index (κ2) is 4.07. The molecule has 1 aliphatic rings. The van der Waals surface area contributed by atoms with Gasteiger partial charge in [0.1, 0.15) is 0 Å². The van der Waals surface area contributed by atoms with Crippen LogP contribution in [0.15, 0.2) is 0 Å². The van der Waals surface area contributed by atoms with Crippen LogP contribution in [0.4, 0.5) is 0 Å². The van der Waals surface area contributed by atoms with Crippen LogP contribution in [0.5, 0.6) is 0 Å². The summed E-state index contributed by atoms with van der Waals surface area (Å²) in [5, 5.41) is 0. The molecule has 1 aliphatic carbocycles.